The number of rotatable bonds is 4. The molecular formula is C20H23ClN6. The maximum Gasteiger partial charge on any atom is 0.141 e. The summed E-state index contributed by atoms with van der Waals surface area (Å²) in [6.07, 6.45) is 8.50. The smallest absolute Gasteiger partial charge is 0.141 e. The van der Waals surface area contributed by atoms with E-state index in [2.05, 4.69) is 44.5 Å². The molecule has 2 aliphatic heterocycles. The van der Waals surface area contributed by atoms with Gasteiger partial charge in [-0.15, -0.1) is 5.53 Å². The molecule has 7 heteroatoms. The van der Waals surface area contributed by atoms with Gasteiger partial charge in [-0.05, 0) is 49.4 Å². The van der Waals surface area contributed by atoms with Crippen LogP contribution in [0, 0.1) is 5.92 Å². The highest BCUT2D eigenvalue weighted by atomic mass is 35.5. The van der Waals surface area contributed by atoms with Crippen LogP contribution in [0.25, 0.3) is 5.70 Å². The van der Waals surface area contributed by atoms with E-state index in [4.69, 9.17) is 11.6 Å². The van der Waals surface area contributed by atoms with Crippen LogP contribution in [0.5, 0.6) is 0 Å². The third-order valence-corrected chi connectivity index (χ3v) is 5.99. The van der Waals surface area contributed by atoms with Gasteiger partial charge in [0.2, 0.25) is 0 Å². The minimum Gasteiger partial charge on any atom is -0.346 e. The lowest BCUT2D eigenvalue weighted by Crippen LogP contribution is -2.38. The van der Waals surface area contributed by atoms with Crippen LogP contribution in [0.4, 0.5) is 5.82 Å². The molecule has 0 radical (unpaired) electrons. The second kappa shape index (κ2) is 7.03. The largest absolute Gasteiger partial charge is 0.346 e. The van der Waals surface area contributed by atoms with Crippen LogP contribution in [0.15, 0.2) is 47.2 Å². The molecule has 1 saturated carbocycles. The average Bonchev–Trinajstić information content (AvgIpc) is 3.34. The van der Waals surface area contributed by atoms with Crippen molar-refractivity contribution in [3.05, 3.63) is 58.4 Å². The van der Waals surface area contributed by atoms with Gasteiger partial charge in [-0.1, -0.05) is 23.7 Å². The molecule has 0 spiro atoms. The first kappa shape index (κ1) is 16.9. The zero-order chi connectivity index (χ0) is 18.2. The number of aromatic nitrogens is 1. The standard InChI is InChI=1S/C20H23ClN6/c21-15-5-1-13(2-6-15)11-23-16-7-3-14(4-8-16)18-19-17-9-10-22-20(17)24-12-27(19)26-25-18/h1-2,5-6,9-10,12,14,16,22-23,25-26H,3-4,7-8,11H2. The average molecular weight is 383 g/mol. The molecule has 1 aromatic heterocycles. The predicted molar refractivity (Wildman–Crippen MR) is 108 cm³/mol. The molecule has 0 unspecified atom stereocenters. The molecule has 4 N–H and O–H groups in total. The van der Waals surface area contributed by atoms with Crippen molar-refractivity contribution in [1.29, 1.82) is 0 Å². The maximum atomic E-state index is 5.96. The van der Waals surface area contributed by atoms with E-state index in [-0.39, 0.29) is 0 Å². The lowest BCUT2D eigenvalue weighted by atomic mass is 9.83. The summed E-state index contributed by atoms with van der Waals surface area (Å²) in [5.41, 5.74) is 11.6. The van der Waals surface area contributed by atoms with Crippen molar-refractivity contribution in [3.63, 3.8) is 0 Å². The van der Waals surface area contributed by atoms with Crippen LogP contribution >= 0.6 is 11.6 Å². The van der Waals surface area contributed by atoms with E-state index in [9.17, 15) is 0 Å². The first-order valence-electron chi connectivity index (χ1n) is 9.53. The molecule has 3 heterocycles. The molecule has 1 aromatic carbocycles. The number of aliphatic imine (C=N–C) groups is 1. The summed E-state index contributed by atoms with van der Waals surface area (Å²) in [6.45, 7) is 0.900. The van der Waals surface area contributed by atoms with Gasteiger partial charge < -0.3 is 15.7 Å². The molecule has 0 amide bonds. The number of allylic oxidation sites excluding steroid dienone is 1. The molecule has 1 aliphatic carbocycles. The summed E-state index contributed by atoms with van der Waals surface area (Å²) in [6, 6.07) is 10.8. The van der Waals surface area contributed by atoms with E-state index >= 15 is 0 Å². The number of nitrogens with zero attached hydrogens (tertiary/aromatic N) is 2. The van der Waals surface area contributed by atoms with E-state index in [1.807, 2.05) is 29.7 Å². The Bertz CT molecular complexity index is 876. The molecule has 5 rings (SSSR count). The number of H-pyrrole nitrogens is 1. The Morgan fingerprint density at radius 2 is 1.93 bits per heavy atom. The predicted octanol–water partition coefficient (Wildman–Crippen LogP) is 3.68. The number of benzene rings is 1. The van der Waals surface area contributed by atoms with Crippen LogP contribution in [-0.4, -0.2) is 22.4 Å². The number of nitrogens with one attached hydrogen (secondary N) is 4. The normalized spacial score (nSPS) is 24.0. The van der Waals surface area contributed by atoms with Gasteiger partial charge in [0.15, 0.2) is 0 Å². The second-order valence-corrected chi connectivity index (χ2v) is 7.85. The van der Waals surface area contributed by atoms with Crippen molar-refractivity contribution in [1.82, 2.24) is 26.3 Å². The fourth-order valence-corrected chi connectivity index (χ4v) is 4.37. The van der Waals surface area contributed by atoms with E-state index in [1.165, 1.54) is 42.6 Å². The zero-order valence-electron chi connectivity index (χ0n) is 15.0. The summed E-state index contributed by atoms with van der Waals surface area (Å²) >= 11 is 5.96. The monoisotopic (exact) mass is 382 g/mol. The van der Waals surface area contributed by atoms with Gasteiger partial charge >= 0.3 is 0 Å². The molecule has 3 aliphatic rings. The SMILES string of the molecule is Clc1ccc(CNC2CCC(C3=C4c5cc[nH]c5N=CN4NN3)CC2)cc1. The summed E-state index contributed by atoms with van der Waals surface area (Å²) in [7, 11) is 0. The van der Waals surface area contributed by atoms with Gasteiger partial charge in [-0.25, -0.2) is 10.0 Å². The van der Waals surface area contributed by atoms with Crippen LogP contribution < -0.4 is 16.3 Å². The Morgan fingerprint density at radius 1 is 1.11 bits per heavy atom. The molecule has 6 nitrogen and oxygen atoms in total. The van der Waals surface area contributed by atoms with Crippen molar-refractivity contribution in [2.24, 2.45) is 10.9 Å². The van der Waals surface area contributed by atoms with Gasteiger partial charge in [0.25, 0.3) is 0 Å². The van der Waals surface area contributed by atoms with Gasteiger partial charge in [0.05, 0.1) is 11.4 Å². The fourth-order valence-electron chi connectivity index (χ4n) is 4.25. The molecule has 0 atom stereocenters. The minimum absolute atomic E-state index is 0.542. The summed E-state index contributed by atoms with van der Waals surface area (Å²) in [5, 5.41) is 6.48. The Morgan fingerprint density at radius 3 is 2.74 bits per heavy atom. The number of hydrogen-bond acceptors (Lipinski definition) is 5. The molecule has 2 aromatic rings. The Kier molecular flexibility index (Phi) is 4.39. The van der Waals surface area contributed by atoms with Crippen molar-refractivity contribution >= 4 is 29.5 Å². The van der Waals surface area contributed by atoms with Crippen LogP contribution in [0.2, 0.25) is 5.02 Å². The number of aromatic amines is 1. The van der Waals surface area contributed by atoms with Crippen molar-refractivity contribution in [2.45, 2.75) is 38.3 Å². The highest BCUT2D eigenvalue weighted by molar-refractivity contribution is 6.30. The van der Waals surface area contributed by atoms with Gasteiger partial charge in [-0.2, -0.15) is 0 Å². The maximum absolute atomic E-state index is 5.96. The second-order valence-electron chi connectivity index (χ2n) is 7.41. The number of hydrogen-bond donors (Lipinski definition) is 4. The lowest BCUT2D eigenvalue weighted by Gasteiger charge is -2.30. The molecule has 0 saturated heterocycles. The summed E-state index contributed by atoms with van der Waals surface area (Å²) in [4.78, 5) is 7.64. The Balaban J connectivity index is 1.23. The lowest BCUT2D eigenvalue weighted by molar-refractivity contribution is 0.305. The van der Waals surface area contributed by atoms with Crippen molar-refractivity contribution in [3.8, 4) is 0 Å². The quantitative estimate of drug-likeness (QED) is 0.651. The van der Waals surface area contributed by atoms with Crippen LogP contribution in [-0.2, 0) is 6.54 Å². The third-order valence-electron chi connectivity index (χ3n) is 5.73. The molecular weight excluding hydrogens is 360 g/mol. The topological polar surface area (TPSA) is 67.5 Å². The van der Waals surface area contributed by atoms with E-state index in [0.29, 0.717) is 12.0 Å². The summed E-state index contributed by atoms with van der Waals surface area (Å²) < 4.78 is 0. The van der Waals surface area contributed by atoms with Gasteiger partial charge in [0, 0.05) is 35.3 Å². The number of fused-ring (bicyclic) bond motifs is 3. The molecule has 140 valence electrons. The third kappa shape index (κ3) is 3.25. The first-order valence-corrected chi connectivity index (χ1v) is 9.90. The molecule has 0 bridgehead atoms. The van der Waals surface area contributed by atoms with E-state index in [1.54, 1.807) is 0 Å². The summed E-state index contributed by atoms with van der Waals surface area (Å²) in [5.74, 6) is 1.47. The fraction of sp³-hybridized carbons (Fsp3) is 0.350. The first-order chi connectivity index (χ1) is 13.3. The molecule has 27 heavy (non-hydrogen) atoms. The minimum atomic E-state index is 0.542. The van der Waals surface area contributed by atoms with Gasteiger partial charge in [-0.3, -0.25) is 0 Å². The van der Waals surface area contributed by atoms with Crippen molar-refractivity contribution < 1.29 is 0 Å². The van der Waals surface area contributed by atoms with E-state index in [0.717, 1.165) is 22.9 Å². The van der Waals surface area contributed by atoms with Crippen LogP contribution in [0.3, 0.4) is 0 Å². The van der Waals surface area contributed by atoms with E-state index < -0.39 is 0 Å². The highest BCUT2D eigenvalue weighted by Gasteiger charge is 2.33. The zero-order valence-corrected chi connectivity index (χ0v) is 15.8. The van der Waals surface area contributed by atoms with Gasteiger partial charge in [0.1, 0.15) is 12.2 Å². The Hall–Kier alpha value is -2.28. The highest BCUT2D eigenvalue weighted by Crippen LogP contribution is 2.39. The number of hydrazine groups is 2. The number of halogens is 1. The van der Waals surface area contributed by atoms with Crippen LogP contribution in [0.1, 0.15) is 36.8 Å². The van der Waals surface area contributed by atoms with Crippen molar-refractivity contribution in [2.75, 3.05) is 0 Å². The molecule has 1 fully saturated rings. The Labute approximate surface area is 163 Å².